The van der Waals surface area contributed by atoms with Crippen LogP contribution >= 0.6 is 27.7 Å². The van der Waals surface area contributed by atoms with Crippen LogP contribution in [0.3, 0.4) is 0 Å². The van der Waals surface area contributed by atoms with E-state index in [4.69, 9.17) is 9.47 Å². The molecule has 1 atom stereocenters. The van der Waals surface area contributed by atoms with Gasteiger partial charge in [0.15, 0.2) is 28.3 Å². The highest BCUT2D eigenvalue weighted by molar-refractivity contribution is 9.10. The van der Waals surface area contributed by atoms with Crippen molar-refractivity contribution in [1.29, 1.82) is 0 Å². The zero-order valence-corrected chi connectivity index (χ0v) is 19.0. The van der Waals surface area contributed by atoms with E-state index in [1.165, 1.54) is 11.8 Å². The largest absolute Gasteiger partial charge is 0.493 e. The molecule has 1 aliphatic carbocycles. The minimum absolute atomic E-state index is 0.0642. The Hall–Kier alpha value is -2.58. The number of carbonyl (C=O) groups is 1. The number of rotatable bonds is 7. The minimum atomic E-state index is -0.276. The molecule has 0 saturated heterocycles. The smallest absolute Gasteiger partial charge is 0.192 e. The first kappa shape index (κ1) is 20.7. The highest BCUT2D eigenvalue weighted by Crippen LogP contribution is 2.40. The maximum absolute atomic E-state index is 13.1. The number of nitrogens with zero attached hydrogens (tertiary/aromatic N) is 3. The van der Waals surface area contributed by atoms with Crippen LogP contribution in [0.2, 0.25) is 0 Å². The zero-order chi connectivity index (χ0) is 21.3. The number of methoxy groups -OCH3 is 2. The predicted molar refractivity (Wildman–Crippen MR) is 121 cm³/mol. The molecule has 8 heteroatoms. The molecule has 0 N–H and O–H groups in total. The van der Waals surface area contributed by atoms with Crippen LogP contribution in [0.1, 0.15) is 15.9 Å². The Morgan fingerprint density at radius 2 is 1.90 bits per heavy atom. The first-order chi connectivity index (χ1) is 14.5. The Morgan fingerprint density at radius 1 is 1.20 bits per heavy atom. The third-order valence-electron chi connectivity index (χ3n) is 4.95. The van der Waals surface area contributed by atoms with Crippen molar-refractivity contribution in [1.82, 2.24) is 14.8 Å². The number of benzene rings is 2. The fraction of sp³-hybridized carbons (Fsp3) is 0.227. The summed E-state index contributed by atoms with van der Waals surface area (Å²) in [5.74, 6) is 2.00. The van der Waals surface area contributed by atoms with Crippen molar-refractivity contribution in [3.63, 3.8) is 0 Å². The highest BCUT2D eigenvalue weighted by atomic mass is 79.9. The molecule has 30 heavy (non-hydrogen) atoms. The van der Waals surface area contributed by atoms with Gasteiger partial charge in [-0.1, -0.05) is 45.9 Å². The molecule has 0 amide bonds. The van der Waals surface area contributed by atoms with Crippen molar-refractivity contribution in [3.8, 4) is 22.9 Å². The standard InChI is InChI=1S/C22H20BrN3O3S/c1-4-9-26-21(13-5-7-15(23)8-6-13)24-25-22(26)30-19-11-14-10-17(28-2)18(29-3)12-16(14)20(19)27/h4-8,10,12,19H,1,9,11H2,2-3H3/t19-/m0/s1. The van der Waals surface area contributed by atoms with Crippen molar-refractivity contribution in [2.45, 2.75) is 23.4 Å². The molecule has 0 bridgehead atoms. The minimum Gasteiger partial charge on any atom is -0.493 e. The molecule has 0 radical (unpaired) electrons. The van der Waals surface area contributed by atoms with Gasteiger partial charge in [0.2, 0.25) is 0 Å². The molecule has 4 rings (SSSR count). The topological polar surface area (TPSA) is 66.2 Å². The van der Waals surface area contributed by atoms with Crippen LogP contribution in [0.5, 0.6) is 11.5 Å². The van der Waals surface area contributed by atoms with Gasteiger partial charge in [0.05, 0.1) is 19.5 Å². The number of aromatic nitrogens is 3. The lowest BCUT2D eigenvalue weighted by Gasteiger charge is -2.10. The SMILES string of the molecule is C=CCn1c(S[C@H]2Cc3cc(OC)c(OC)cc3C2=O)nnc1-c1ccc(Br)cc1. The van der Waals surface area contributed by atoms with E-state index in [2.05, 4.69) is 32.7 Å². The van der Waals surface area contributed by atoms with E-state index in [0.717, 1.165) is 21.4 Å². The van der Waals surface area contributed by atoms with Crippen molar-refractivity contribution in [2.24, 2.45) is 0 Å². The van der Waals surface area contributed by atoms with Crippen LogP contribution in [0, 0.1) is 0 Å². The van der Waals surface area contributed by atoms with E-state index < -0.39 is 0 Å². The number of hydrogen-bond acceptors (Lipinski definition) is 6. The summed E-state index contributed by atoms with van der Waals surface area (Å²) in [6.45, 7) is 4.41. The summed E-state index contributed by atoms with van der Waals surface area (Å²) in [5.41, 5.74) is 2.58. The van der Waals surface area contributed by atoms with Gasteiger partial charge in [0, 0.05) is 22.1 Å². The summed E-state index contributed by atoms with van der Waals surface area (Å²) in [6.07, 6.45) is 2.41. The molecular formula is C22H20BrN3O3S. The highest BCUT2D eigenvalue weighted by Gasteiger charge is 2.34. The summed E-state index contributed by atoms with van der Waals surface area (Å²) < 4.78 is 13.7. The van der Waals surface area contributed by atoms with Gasteiger partial charge in [-0.05, 0) is 36.2 Å². The van der Waals surface area contributed by atoms with Gasteiger partial charge in [0.25, 0.3) is 0 Å². The number of hydrogen-bond donors (Lipinski definition) is 0. The predicted octanol–water partition coefficient (Wildman–Crippen LogP) is 4.81. The molecule has 0 unspecified atom stereocenters. The summed E-state index contributed by atoms with van der Waals surface area (Å²) in [7, 11) is 3.16. The van der Waals surface area contributed by atoms with Crippen LogP contribution in [-0.4, -0.2) is 40.0 Å². The number of thioether (sulfide) groups is 1. The second-order valence-electron chi connectivity index (χ2n) is 6.75. The van der Waals surface area contributed by atoms with Crippen molar-refractivity contribution >= 4 is 33.5 Å². The first-order valence-corrected chi connectivity index (χ1v) is 11.0. The molecule has 1 aromatic heterocycles. The molecule has 1 heterocycles. The number of carbonyl (C=O) groups excluding carboxylic acids is 1. The Kier molecular flexibility index (Phi) is 5.97. The number of halogens is 1. The number of fused-ring (bicyclic) bond motifs is 1. The Labute approximate surface area is 187 Å². The number of ketones is 1. The van der Waals surface area contributed by atoms with Gasteiger partial charge < -0.3 is 9.47 Å². The van der Waals surface area contributed by atoms with Crippen LogP contribution in [0.15, 0.2) is 58.7 Å². The van der Waals surface area contributed by atoms with E-state index >= 15 is 0 Å². The third-order valence-corrected chi connectivity index (χ3v) is 6.66. The number of ether oxygens (including phenoxy) is 2. The van der Waals surface area contributed by atoms with Crippen LogP contribution < -0.4 is 9.47 Å². The van der Waals surface area contributed by atoms with Gasteiger partial charge in [-0.3, -0.25) is 9.36 Å². The van der Waals surface area contributed by atoms with Crippen molar-refractivity contribution in [2.75, 3.05) is 14.2 Å². The molecular weight excluding hydrogens is 466 g/mol. The molecule has 1 aliphatic rings. The number of Topliss-reactive ketones (excluding diaryl/α,β-unsaturated/α-hetero) is 1. The van der Waals surface area contributed by atoms with E-state index in [-0.39, 0.29) is 11.0 Å². The third kappa shape index (κ3) is 3.77. The fourth-order valence-electron chi connectivity index (χ4n) is 3.49. The zero-order valence-electron chi connectivity index (χ0n) is 16.6. The average Bonchev–Trinajstić information content (AvgIpc) is 3.29. The van der Waals surface area contributed by atoms with E-state index in [9.17, 15) is 4.79 Å². The average molecular weight is 486 g/mol. The maximum atomic E-state index is 13.1. The fourth-order valence-corrected chi connectivity index (χ4v) is 4.88. The van der Waals surface area contributed by atoms with Gasteiger partial charge >= 0.3 is 0 Å². The van der Waals surface area contributed by atoms with E-state index in [1.807, 2.05) is 34.9 Å². The molecule has 3 aromatic rings. The lowest BCUT2D eigenvalue weighted by molar-refractivity contribution is 0.1000. The molecule has 2 aromatic carbocycles. The molecule has 6 nitrogen and oxygen atoms in total. The second-order valence-corrected chi connectivity index (χ2v) is 8.84. The molecule has 0 aliphatic heterocycles. The van der Waals surface area contributed by atoms with Crippen LogP contribution in [0.25, 0.3) is 11.4 Å². The Balaban J connectivity index is 1.64. The Morgan fingerprint density at radius 3 is 2.57 bits per heavy atom. The van der Waals surface area contributed by atoms with E-state index in [1.54, 1.807) is 26.4 Å². The van der Waals surface area contributed by atoms with Gasteiger partial charge in [-0.2, -0.15) is 0 Å². The second kappa shape index (κ2) is 8.65. The quantitative estimate of drug-likeness (QED) is 0.447. The van der Waals surface area contributed by atoms with Crippen molar-refractivity contribution < 1.29 is 14.3 Å². The lowest BCUT2D eigenvalue weighted by Crippen LogP contribution is -2.13. The lowest BCUT2D eigenvalue weighted by atomic mass is 10.1. The summed E-state index contributed by atoms with van der Waals surface area (Å²) in [4.78, 5) is 13.1. The van der Waals surface area contributed by atoms with Gasteiger partial charge in [0.1, 0.15) is 0 Å². The molecule has 0 fully saturated rings. The van der Waals surface area contributed by atoms with Crippen LogP contribution in [-0.2, 0) is 13.0 Å². The summed E-state index contributed by atoms with van der Waals surface area (Å²) in [6, 6.07) is 11.5. The normalized spacial score (nSPS) is 15.2. The summed E-state index contributed by atoms with van der Waals surface area (Å²) in [5, 5.41) is 9.18. The maximum Gasteiger partial charge on any atom is 0.192 e. The van der Waals surface area contributed by atoms with Gasteiger partial charge in [-0.25, -0.2) is 0 Å². The first-order valence-electron chi connectivity index (χ1n) is 9.31. The Bertz CT molecular complexity index is 1110. The molecule has 0 saturated carbocycles. The number of allylic oxidation sites excluding steroid dienone is 1. The molecule has 0 spiro atoms. The van der Waals surface area contributed by atoms with E-state index in [0.29, 0.717) is 35.2 Å². The molecule has 154 valence electrons. The summed E-state index contributed by atoms with van der Waals surface area (Å²) >= 11 is 4.88. The van der Waals surface area contributed by atoms with Crippen molar-refractivity contribution in [3.05, 3.63) is 64.7 Å². The van der Waals surface area contributed by atoms with Gasteiger partial charge in [-0.15, -0.1) is 16.8 Å². The monoisotopic (exact) mass is 485 g/mol. The van der Waals surface area contributed by atoms with Crippen LogP contribution in [0.4, 0.5) is 0 Å².